The first-order chi connectivity index (χ1) is 10.4. The summed E-state index contributed by atoms with van der Waals surface area (Å²) in [6, 6.07) is 0. The summed E-state index contributed by atoms with van der Waals surface area (Å²) < 4.78 is 4.99. The summed E-state index contributed by atoms with van der Waals surface area (Å²) in [7, 11) is 1.39. The molecule has 0 aromatic heterocycles. The molecule has 0 bridgehead atoms. The third-order valence-corrected chi connectivity index (χ3v) is 3.94. The maximum absolute atomic E-state index is 12.2. The fraction of sp³-hybridized carbons (Fsp3) is 0.667. The van der Waals surface area contributed by atoms with Crippen molar-refractivity contribution in [3.8, 4) is 0 Å². The third kappa shape index (κ3) is 5.41. The lowest BCUT2D eigenvalue weighted by Gasteiger charge is -2.27. The zero-order valence-electron chi connectivity index (χ0n) is 14.0. The Morgan fingerprint density at radius 2 is 1.86 bits per heavy atom. The Bertz CT molecular complexity index is 462. The van der Waals surface area contributed by atoms with Crippen LogP contribution >= 0.6 is 0 Å². The number of carbonyl (C=O) groups is 2. The van der Waals surface area contributed by atoms with Crippen LogP contribution < -0.4 is 0 Å². The summed E-state index contributed by atoms with van der Waals surface area (Å²) in [5, 5.41) is 10.5. The van der Waals surface area contributed by atoms with Gasteiger partial charge in [0.25, 0.3) is 0 Å². The molecule has 0 aromatic rings. The van der Waals surface area contributed by atoms with Crippen molar-refractivity contribution in [3.05, 3.63) is 23.5 Å². The number of rotatable bonds is 10. The van der Waals surface area contributed by atoms with Gasteiger partial charge < -0.3 is 9.84 Å². The fourth-order valence-corrected chi connectivity index (χ4v) is 2.74. The molecular weight excluding hydrogens is 280 g/mol. The van der Waals surface area contributed by atoms with Crippen LogP contribution in [0.5, 0.6) is 0 Å². The Hall–Kier alpha value is -1.42. The predicted molar refractivity (Wildman–Crippen MR) is 86.4 cm³/mol. The fourth-order valence-electron chi connectivity index (χ4n) is 2.74. The summed E-state index contributed by atoms with van der Waals surface area (Å²) >= 11 is 0. The average Bonchev–Trinajstić information content (AvgIpc) is 2.46. The number of ketones is 2. The number of allylic oxidation sites excluding steroid dienone is 2. The standard InChI is InChI=1S/C18H28O4/c1-4-5-6-7-8-9-10-15(19)13-18(21)12-14(2)11-16(22-3)17(18)20/h11-12,21H,4-10,13H2,1-3H3. The Kier molecular flexibility index (Phi) is 7.52. The van der Waals surface area contributed by atoms with E-state index in [1.54, 1.807) is 13.0 Å². The molecule has 22 heavy (non-hydrogen) atoms. The van der Waals surface area contributed by atoms with E-state index in [0.29, 0.717) is 6.42 Å². The van der Waals surface area contributed by atoms with Crippen LogP contribution in [0, 0.1) is 0 Å². The van der Waals surface area contributed by atoms with E-state index in [-0.39, 0.29) is 18.0 Å². The SMILES string of the molecule is CCCCCCCCC(=O)CC1(O)C=C(C)C=C(OC)C1=O. The molecule has 0 saturated heterocycles. The molecule has 0 fully saturated rings. The van der Waals surface area contributed by atoms with E-state index >= 15 is 0 Å². The average molecular weight is 308 g/mol. The first kappa shape index (κ1) is 18.6. The van der Waals surface area contributed by atoms with Gasteiger partial charge >= 0.3 is 0 Å². The van der Waals surface area contributed by atoms with E-state index in [9.17, 15) is 14.7 Å². The number of methoxy groups -OCH3 is 1. The second-order valence-corrected chi connectivity index (χ2v) is 6.09. The molecule has 0 aliphatic heterocycles. The summed E-state index contributed by atoms with van der Waals surface area (Å²) in [4.78, 5) is 24.2. The van der Waals surface area contributed by atoms with Crippen molar-refractivity contribution in [2.45, 2.75) is 70.8 Å². The maximum Gasteiger partial charge on any atom is 0.233 e. The van der Waals surface area contributed by atoms with Crippen molar-refractivity contribution in [1.82, 2.24) is 0 Å². The summed E-state index contributed by atoms with van der Waals surface area (Å²) in [5.41, 5.74) is -1.02. The highest BCUT2D eigenvalue weighted by atomic mass is 16.5. The molecule has 4 heteroatoms. The zero-order valence-corrected chi connectivity index (χ0v) is 14.0. The van der Waals surface area contributed by atoms with Gasteiger partial charge in [0.2, 0.25) is 5.78 Å². The Balaban J connectivity index is 2.46. The molecule has 1 N–H and O–H groups in total. The molecule has 1 aliphatic carbocycles. The highest BCUT2D eigenvalue weighted by molar-refractivity contribution is 6.05. The molecule has 0 amide bonds. The molecule has 124 valence electrons. The zero-order chi connectivity index (χ0) is 16.6. The van der Waals surface area contributed by atoms with Gasteiger partial charge in [0.1, 0.15) is 5.78 Å². The molecule has 1 rings (SSSR count). The van der Waals surface area contributed by atoms with Crippen molar-refractivity contribution >= 4 is 11.6 Å². The largest absolute Gasteiger partial charge is 0.493 e. The number of Topliss-reactive ketones (excluding diaryl/α,β-unsaturated/α-hetero) is 2. The van der Waals surface area contributed by atoms with Crippen LogP contribution in [0.15, 0.2) is 23.5 Å². The van der Waals surface area contributed by atoms with Crippen LogP contribution in [0.2, 0.25) is 0 Å². The molecule has 4 nitrogen and oxygen atoms in total. The van der Waals surface area contributed by atoms with Gasteiger partial charge in [0, 0.05) is 12.8 Å². The first-order valence-electron chi connectivity index (χ1n) is 8.17. The summed E-state index contributed by atoms with van der Waals surface area (Å²) in [5.74, 6) is -0.500. The van der Waals surface area contributed by atoms with Crippen molar-refractivity contribution in [3.63, 3.8) is 0 Å². The van der Waals surface area contributed by atoms with Gasteiger partial charge in [-0.3, -0.25) is 9.59 Å². The minimum Gasteiger partial charge on any atom is -0.493 e. The molecule has 0 spiro atoms. The second-order valence-electron chi connectivity index (χ2n) is 6.09. The topological polar surface area (TPSA) is 63.6 Å². The van der Waals surface area contributed by atoms with Gasteiger partial charge in [-0.1, -0.05) is 39.0 Å². The molecule has 0 aromatic carbocycles. The van der Waals surface area contributed by atoms with Gasteiger partial charge in [-0.25, -0.2) is 0 Å². The monoisotopic (exact) mass is 308 g/mol. The number of carbonyl (C=O) groups excluding carboxylic acids is 2. The second kappa shape index (κ2) is 8.89. The van der Waals surface area contributed by atoms with Crippen LogP contribution in [0.25, 0.3) is 0 Å². The minimum atomic E-state index is -1.75. The number of aliphatic hydroxyl groups is 1. The highest BCUT2D eigenvalue weighted by Crippen LogP contribution is 2.27. The quantitative estimate of drug-likeness (QED) is 0.628. The lowest BCUT2D eigenvalue weighted by Crippen LogP contribution is -2.42. The van der Waals surface area contributed by atoms with Crippen molar-refractivity contribution < 1.29 is 19.4 Å². The minimum absolute atomic E-state index is 0.0762. The summed E-state index contributed by atoms with van der Waals surface area (Å²) in [6.07, 6.45) is 9.91. The maximum atomic E-state index is 12.2. The molecule has 0 radical (unpaired) electrons. The Morgan fingerprint density at radius 1 is 1.23 bits per heavy atom. The lowest BCUT2D eigenvalue weighted by atomic mass is 9.84. The predicted octanol–water partition coefficient (Wildman–Crippen LogP) is 3.49. The van der Waals surface area contributed by atoms with Crippen molar-refractivity contribution in [1.29, 1.82) is 0 Å². The Morgan fingerprint density at radius 3 is 2.50 bits per heavy atom. The third-order valence-electron chi connectivity index (χ3n) is 3.94. The normalized spacial score (nSPS) is 21.4. The van der Waals surface area contributed by atoms with Crippen LogP contribution in [0.3, 0.4) is 0 Å². The van der Waals surface area contributed by atoms with E-state index in [0.717, 1.165) is 24.8 Å². The number of unbranched alkanes of at least 4 members (excludes halogenated alkanes) is 5. The van der Waals surface area contributed by atoms with Crippen molar-refractivity contribution in [2.24, 2.45) is 0 Å². The molecule has 0 saturated carbocycles. The molecule has 1 unspecified atom stereocenters. The number of ether oxygens (including phenoxy) is 1. The Labute approximate surface area is 133 Å². The van der Waals surface area contributed by atoms with E-state index in [1.807, 2.05) is 0 Å². The molecule has 1 atom stereocenters. The van der Waals surface area contributed by atoms with Gasteiger partial charge in [-0.2, -0.15) is 0 Å². The first-order valence-corrected chi connectivity index (χ1v) is 8.17. The van der Waals surface area contributed by atoms with E-state index in [2.05, 4.69) is 6.92 Å². The van der Waals surface area contributed by atoms with Crippen LogP contribution in [0.4, 0.5) is 0 Å². The van der Waals surface area contributed by atoms with Gasteiger partial charge in [-0.15, -0.1) is 0 Å². The van der Waals surface area contributed by atoms with Crippen LogP contribution in [-0.2, 0) is 14.3 Å². The van der Waals surface area contributed by atoms with Gasteiger partial charge in [0.15, 0.2) is 11.4 Å². The smallest absolute Gasteiger partial charge is 0.233 e. The van der Waals surface area contributed by atoms with Gasteiger partial charge in [-0.05, 0) is 31.1 Å². The number of hydrogen-bond acceptors (Lipinski definition) is 4. The molecule has 0 heterocycles. The van der Waals surface area contributed by atoms with Crippen LogP contribution in [0.1, 0.15) is 65.2 Å². The number of hydrogen-bond donors (Lipinski definition) is 1. The highest BCUT2D eigenvalue weighted by Gasteiger charge is 2.40. The van der Waals surface area contributed by atoms with Gasteiger partial charge in [0.05, 0.1) is 7.11 Å². The van der Waals surface area contributed by atoms with Crippen molar-refractivity contribution in [2.75, 3.05) is 7.11 Å². The molecular formula is C18H28O4. The van der Waals surface area contributed by atoms with Crippen LogP contribution in [-0.4, -0.2) is 29.4 Å². The lowest BCUT2D eigenvalue weighted by molar-refractivity contribution is -0.137. The van der Waals surface area contributed by atoms with E-state index in [4.69, 9.17) is 4.74 Å². The summed E-state index contributed by atoms with van der Waals surface area (Å²) in [6.45, 7) is 3.94. The van der Waals surface area contributed by atoms with E-state index in [1.165, 1.54) is 32.4 Å². The molecule has 1 aliphatic rings. The van der Waals surface area contributed by atoms with E-state index < -0.39 is 11.4 Å².